The Morgan fingerprint density at radius 3 is 2.48 bits per heavy atom. The van der Waals surface area contributed by atoms with Crippen molar-refractivity contribution in [2.24, 2.45) is 4.99 Å². The van der Waals surface area contributed by atoms with E-state index in [1.54, 1.807) is 12.1 Å². The van der Waals surface area contributed by atoms with Crippen LogP contribution in [0.2, 0.25) is 0 Å². The van der Waals surface area contributed by atoms with Gasteiger partial charge in [-0.05, 0) is 24.1 Å². The maximum absolute atomic E-state index is 12.6. The number of phenolic OH excluding ortho intramolecular Hbond substituents is 1. The second-order valence-electron chi connectivity index (χ2n) is 7.15. The Morgan fingerprint density at radius 2 is 1.90 bits per heavy atom. The zero-order valence-electron chi connectivity index (χ0n) is 17.6. The average molecular weight is 454 g/mol. The number of amides is 1. The zero-order chi connectivity index (χ0) is 23.2. The number of nitrogens with zero attached hydrogens (tertiary/aromatic N) is 3. The summed E-state index contributed by atoms with van der Waals surface area (Å²) < 4.78 is 29.0. The van der Waals surface area contributed by atoms with Gasteiger partial charge in [0.1, 0.15) is 18.1 Å². The van der Waals surface area contributed by atoms with Crippen molar-refractivity contribution in [3.8, 4) is 5.75 Å². The van der Waals surface area contributed by atoms with E-state index < -0.39 is 28.1 Å². The summed E-state index contributed by atoms with van der Waals surface area (Å²) in [6, 6.07) is 5.83. The lowest BCUT2D eigenvalue weighted by atomic mass is 9.98. The Hall–Kier alpha value is -2.76. The molecule has 0 aliphatic heterocycles. The molecule has 1 amide bonds. The van der Waals surface area contributed by atoms with Gasteiger partial charge in [-0.2, -0.15) is 4.98 Å². The Morgan fingerprint density at radius 1 is 1.26 bits per heavy atom. The maximum Gasteiger partial charge on any atom is 0.311 e. The van der Waals surface area contributed by atoms with Crippen LogP contribution in [-0.2, 0) is 16.4 Å². The lowest BCUT2D eigenvalue weighted by molar-refractivity contribution is 0.0516. The molecule has 2 aromatic rings. The molecule has 11 heteroatoms. The Labute approximate surface area is 180 Å². The van der Waals surface area contributed by atoms with Crippen LogP contribution in [0.1, 0.15) is 42.2 Å². The van der Waals surface area contributed by atoms with E-state index in [1.165, 1.54) is 19.2 Å². The number of phenols is 1. The molecule has 1 aromatic carbocycles. The summed E-state index contributed by atoms with van der Waals surface area (Å²) in [5, 5.41) is 30.3. The lowest BCUT2D eigenvalue weighted by Gasteiger charge is -2.19. The fourth-order valence-electron chi connectivity index (χ4n) is 2.66. The van der Waals surface area contributed by atoms with Gasteiger partial charge >= 0.3 is 6.01 Å². The standard InChI is InChI=1S/C20H27N3O7S/c1-4-5-6-17(25)18(26)15(11-13-7-9-14(24)10-8-13)21-19(27)16-12-30-20(22-16)23(2)31(3,28)29/h7-10,12,17-18,24-26H,4-6,11H2,1-3H3. The van der Waals surface area contributed by atoms with Crippen molar-refractivity contribution in [1.29, 1.82) is 0 Å². The number of unbranched alkanes of at least 4 members (excludes halogenated alkanes) is 1. The van der Waals surface area contributed by atoms with Crippen LogP contribution < -0.4 is 4.31 Å². The van der Waals surface area contributed by atoms with Crippen molar-refractivity contribution in [1.82, 2.24) is 4.98 Å². The molecule has 0 radical (unpaired) electrons. The minimum atomic E-state index is -3.63. The fourth-order valence-corrected chi connectivity index (χ4v) is 3.03. The smallest absolute Gasteiger partial charge is 0.311 e. The van der Waals surface area contributed by atoms with Crippen molar-refractivity contribution < 1.29 is 32.9 Å². The van der Waals surface area contributed by atoms with Crippen LogP contribution in [0.4, 0.5) is 6.01 Å². The van der Waals surface area contributed by atoms with Crippen LogP contribution in [0, 0.1) is 0 Å². The number of aliphatic hydroxyl groups excluding tert-OH is 2. The molecule has 2 atom stereocenters. The predicted molar refractivity (Wildman–Crippen MR) is 115 cm³/mol. The summed E-state index contributed by atoms with van der Waals surface area (Å²) in [5.41, 5.74) is 0.424. The summed E-state index contributed by atoms with van der Waals surface area (Å²) in [7, 11) is -2.41. The number of sulfonamides is 1. The molecule has 31 heavy (non-hydrogen) atoms. The highest BCUT2D eigenvalue weighted by atomic mass is 32.2. The first-order valence-electron chi connectivity index (χ1n) is 9.68. The van der Waals surface area contributed by atoms with E-state index in [2.05, 4.69) is 9.98 Å². The number of carbonyl (C=O) groups is 1. The van der Waals surface area contributed by atoms with Gasteiger partial charge in [0.05, 0.1) is 18.1 Å². The van der Waals surface area contributed by atoms with Gasteiger partial charge in [0.25, 0.3) is 5.91 Å². The normalized spacial score (nSPS) is 14.3. The van der Waals surface area contributed by atoms with Crippen molar-refractivity contribution >= 4 is 27.7 Å². The fraction of sp³-hybridized carbons (Fsp3) is 0.450. The average Bonchev–Trinajstić information content (AvgIpc) is 3.21. The van der Waals surface area contributed by atoms with Crippen molar-refractivity contribution in [2.45, 2.75) is 44.8 Å². The second-order valence-corrected chi connectivity index (χ2v) is 9.17. The van der Waals surface area contributed by atoms with E-state index in [0.29, 0.717) is 18.4 Å². The monoisotopic (exact) mass is 453 g/mol. The third-order valence-corrected chi connectivity index (χ3v) is 5.76. The molecule has 1 heterocycles. The molecule has 0 aliphatic carbocycles. The summed E-state index contributed by atoms with van der Waals surface area (Å²) >= 11 is 0. The Balaban J connectivity index is 2.32. The van der Waals surface area contributed by atoms with Crippen LogP contribution in [-0.4, -0.2) is 65.9 Å². The first kappa shape index (κ1) is 24.5. The zero-order valence-corrected chi connectivity index (χ0v) is 18.4. The van der Waals surface area contributed by atoms with Crippen LogP contribution in [0.15, 0.2) is 39.9 Å². The molecule has 0 saturated heterocycles. The van der Waals surface area contributed by atoms with Crippen molar-refractivity contribution in [3.05, 3.63) is 41.8 Å². The Kier molecular flexibility index (Phi) is 8.31. The van der Waals surface area contributed by atoms with E-state index in [9.17, 15) is 28.5 Å². The van der Waals surface area contributed by atoms with Gasteiger partial charge < -0.3 is 19.7 Å². The van der Waals surface area contributed by atoms with Gasteiger partial charge in [-0.1, -0.05) is 31.9 Å². The third-order valence-electron chi connectivity index (χ3n) is 4.60. The van der Waals surface area contributed by atoms with E-state index in [-0.39, 0.29) is 29.6 Å². The maximum atomic E-state index is 12.6. The van der Waals surface area contributed by atoms with Gasteiger partial charge in [0.15, 0.2) is 5.69 Å². The number of aliphatic imine (C=N–C) groups is 1. The first-order chi connectivity index (χ1) is 14.5. The van der Waals surface area contributed by atoms with E-state index in [1.807, 2.05) is 6.92 Å². The van der Waals surface area contributed by atoms with E-state index in [4.69, 9.17) is 4.42 Å². The van der Waals surface area contributed by atoms with Crippen LogP contribution >= 0.6 is 0 Å². The molecule has 0 saturated carbocycles. The van der Waals surface area contributed by atoms with Gasteiger partial charge in [0, 0.05) is 13.5 Å². The van der Waals surface area contributed by atoms with Gasteiger partial charge in [-0.15, -0.1) is 0 Å². The summed E-state index contributed by atoms with van der Waals surface area (Å²) in [4.78, 5) is 20.4. The molecular formula is C20H27N3O7S. The number of anilines is 1. The van der Waals surface area contributed by atoms with Gasteiger partial charge in [-0.25, -0.2) is 17.7 Å². The van der Waals surface area contributed by atoms with Crippen molar-refractivity contribution in [2.75, 3.05) is 17.6 Å². The quantitative estimate of drug-likeness (QED) is 0.458. The molecule has 10 nitrogen and oxygen atoms in total. The second kappa shape index (κ2) is 10.5. The number of benzene rings is 1. The summed E-state index contributed by atoms with van der Waals surface area (Å²) in [6.07, 6.45) is 1.30. The highest BCUT2D eigenvalue weighted by Crippen LogP contribution is 2.17. The SMILES string of the molecule is CCCCC(O)C(O)C(Cc1ccc(O)cc1)=NC(=O)c1coc(N(C)S(C)(=O)=O)n1. The van der Waals surface area contributed by atoms with Gasteiger partial charge in [-0.3, -0.25) is 4.79 Å². The molecule has 0 spiro atoms. The molecule has 0 bridgehead atoms. The molecule has 2 unspecified atom stereocenters. The molecule has 2 rings (SSSR count). The number of carbonyl (C=O) groups excluding carboxylic acids is 1. The molecule has 170 valence electrons. The summed E-state index contributed by atoms with van der Waals surface area (Å²) in [5.74, 6) is -0.792. The van der Waals surface area contributed by atoms with Gasteiger partial charge in [0.2, 0.25) is 10.0 Å². The molecular weight excluding hydrogens is 426 g/mol. The highest BCUT2D eigenvalue weighted by molar-refractivity contribution is 7.92. The van der Waals surface area contributed by atoms with Crippen molar-refractivity contribution in [3.63, 3.8) is 0 Å². The number of oxazole rings is 1. The largest absolute Gasteiger partial charge is 0.508 e. The number of aliphatic hydroxyl groups is 2. The number of rotatable bonds is 10. The number of aromatic nitrogens is 1. The lowest BCUT2D eigenvalue weighted by Crippen LogP contribution is -2.35. The third kappa shape index (κ3) is 6.88. The summed E-state index contributed by atoms with van der Waals surface area (Å²) in [6.45, 7) is 1.95. The predicted octanol–water partition coefficient (Wildman–Crippen LogP) is 1.51. The first-order valence-corrected chi connectivity index (χ1v) is 11.5. The topological polar surface area (TPSA) is 154 Å². The molecule has 1 aromatic heterocycles. The number of hydrogen-bond acceptors (Lipinski definition) is 8. The van der Waals surface area contributed by atoms with Crippen LogP contribution in [0.25, 0.3) is 0 Å². The Bertz CT molecular complexity index is 1020. The minimum Gasteiger partial charge on any atom is -0.508 e. The molecule has 3 N–H and O–H groups in total. The van der Waals surface area contributed by atoms with Crippen LogP contribution in [0.5, 0.6) is 5.75 Å². The minimum absolute atomic E-state index is 0.0142. The number of aromatic hydroxyl groups is 1. The number of hydrogen-bond donors (Lipinski definition) is 3. The van der Waals surface area contributed by atoms with Crippen LogP contribution in [0.3, 0.4) is 0 Å². The van der Waals surface area contributed by atoms with E-state index in [0.717, 1.165) is 23.2 Å². The highest BCUT2D eigenvalue weighted by Gasteiger charge is 2.25. The van der Waals surface area contributed by atoms with E-state index >= 15 is 0 Å². The molecule has 0 fully saturated rings. The molecule has 0 aliphatic rings.